The van der Waals surface area contributed by atoms with Gasteiger partial charge in [0.25, 0.3) is 5.91 Å². The summed E-state index contributed by atoms with van der Waals surface area (Å²) < 4.78 is 1.61. The van der Waals surface area contributed by atoms with Crippen molar-refractivity contribution in [1.82, 2.24) is 30.3 Å². The van der Waals surface area contributed by atoms with Crippen molar-refractivity contribution in [1.29, 1.82) is 0 Å². The van der Waals surface area contributed by atoms with Gasteiger partial charge in [-0.3, -0.25) is 14.8 Å². The highest BCUT2D eigenvalue weighted by molar-refractivity contribution is 6.30. The standard InChI is InChI=1S/C17H17ClN6O/c1-12(7-15-9-19-5-6-20-15)21-17(25)16-11-24(23-22-16)10-13-3-2-4-14(18)8-13/h2-6,8-9,11-12H,7,10H2,1H3,(H,21,25)/t12-/m1/s1. The van der Waals surface area contributed by atoms with Gasteiger partial charge < -0.3 is 5.32 Å². The van der Waals surface area contributed by atoms with Crippen molar-refractivity contribution in [2.45, 2.75) is 25.9 Å². The number of rotatable bonds is 6. The predicted octanol–water partition coefficient (Wildman–Crippen LogP) is 2.13. The Morgan fingerprint density at radius 2 is 2.24 bits per heavy atom. The van der Waals surface area contributed by atoms with Crippen molar-refractivity contribution in [3.05, 3.63) is 71.0 Å². The van der Waals surface area contributed by atoms with Crippen LogP contribution in [0.1, 0.15) is 28.7 Å². The first-order valence-electron chi connectivity index (χ1n) is 7.80. The van der Waals surface area contributed by atoms with E-state index in [1.54, 1.807) is 29.5 Å². The van der Waals surface area contributed by atoms with E-state index in [1.807, 2.05) is 31.2 Å². The van der Waals surface area contributed by atoms with Gasteiger partial charge in [0, 0.05) is 36.1 Å². The SMILES string of the molecule is C[C@H](Cc1cnccn1)NC(=O)c1cn(Cc2cccc(Cl)c2)nn1. The second-order valence-corrected chi connectivity index (χ2v) is 6.14. The number of carbonyl (C=O) groups excluding carboxylic acids is 1. The van der Waals surface area contributed by atoms with Crippen LogP contribution < -0.4 is 5.32 Å². The quantitative estimate of drug-likeness (QED) is 0.731. The Morgan fingerprint density at radius 1 is 1.36 bits per heavy atom. The zero-order valence-corrected chi connectivity index (χ0v) is 14.4. The number of aromatic nitrogens is 5. The Balaban J connectivity index is 1.58. The molecule has 0 radical (unpaired) electrons. The van der Waals surface area contributed by atoms with Gasteiger partial charge in [0.2, 0.25) is 0 Å². The van der Waals surface area contributed by atoms with Crippen molar-refractivity contribution >= 4 is 17.5 Å². The van der Waals surface area contributed by atoms with E-state index in [-0.39, 0.29) is 17.6 Å². The normalized spacial score (nSPS) is 11.9. The van der Waals surface area contributed by atoms with Gasteiger partial charge >= 0.3 is 0 Å². The summed E-state index contributed by atoms with van der Waals surface area (Å²) in [6.07, 6.45) is 7.14. The molecule has 0 aliphatic rings. The van der Waals surface area contributed by atoms with Crippen LogP contribution in [0.15, 0.2) is 49.1 Å². The number of halogens is 1. The Morgan fingerprint density at radius 3 is 3.00 bits per heavy atom. The fourth-order valence-electron chi connectivity index (χ4n) is 2.40. The molecule has 2 aromatic heterocycles. The molecular formula is C17H17ClN6O. The van der Waals surface area contributed by atoms with E-state index in [0.29, 0.717) is 18.0 Å². The first-order valence-corrected chi connectivity index (χ1v) is 8.18. The van der Waals surface area contributed by atoms with Crippen LogP contribution in [0.25, 0.3) is 0 Å². The van der Waals surface area contributed by atoms with E-state index in [4.69, 9.17) is 11.6 Å². The summed E-state index contributed by atoms with van der Waals surface area (Å²) >= 11 is 5.97. The minimum absolute atomic E-state index is 0.0951. The molecule has 1 N–H and O–H groups in total. The van der Waals surface area contributed by atoms with Crippen LogP contribution in [-0.4, -0.2) is 36.9 Å². The van der Waals surface area contributed by atoms with Crippen molar-refractivity contribution in [2.24, 2.45) is 0 Å². The highest BCUT2D eigenvalue weighted by atomic mass is 35.5. The molecule has 3 rings (SSSR count). The number of benzene rings is 1. The lowest BCUT2D eigenvalue weighted by atomic mass is 10.2. The van der Waals surface area contributed by atoms with Gasteiger partial charge in [0.15, 0.2) is 5.69 Å². The van der Waals surface area contributed by atoms with Gasteiger partial charge in [0.05, 0.1) is 18.4 Å². The van der Waals surface area contributed by atoms with Crippen LogP contribution in [0.4, 0.5) is 0 Å². The fourth-order valence-corrected chi connectivity index (χ4v) is 2.61. The largest absolute Gasteiger partial charge is 0.348 e. The number of hydrogen-bond acceptors (Lipinski definition) is 5. The zero-order chi connectivity index (χ0) is 17.6. The lowest BCUT2D eigenvalue weighted by Gasteiger charge is -2.11. The van der Waals surface area contributed by atoms with Crippen LogP contribution in [0.2, 0.25) is 5.02 Å². The molecule has 1 amide bonds. The monoisotopic (exact) mass is 356 g/mol. The molecule has 0 unspecified atom stereocenters. The Labute approximate surface area is 150 Å². The first-order chi connectivity index (χ1) is 12.1. The van der Waals surface area contributed by atoms with E-state index in [0.717, 1.165) is 11.3 Å². The molecule has 25 heavy (non-hydrogen) atoms. The minimum atomic E-state index is -0.270. The lowest BCUT2D eigenvalue weighted by Crippen LogP contribution is -2.34. The van der Waals surface area contributed by atoms with Gasteiger partial charge in [-0.05, 0) is 24.6 Å². The van der Waals surface area contributed by atoms with Gasteiger partial charge in [-0.1, -0.05) is 28.9 Å². The summed E-state index contributed by atoms with van der Waals surface area (Å²) in [6.45, 7) is 2.40. The smallest absolute Gasteiger partial charge is 0.273 e. The molecule has 7 nitrogen and oxygen atoms in total. The van der Waals surface area contributed by atoms with Gasteiger partial charge in [-0.15, -0.1) is 5.10 Å². The molecular weight excluding hydrogens is 340 g/mol. The highest BCUT2D eigenvalue weighted by Crippen LogP contribution is 2.11. The van der Waals surface area contributed by atoms with Crippen LogP contribution in [0, 0.1) is 0 Å². The second kappa shape index (κ2) is 7.85. The van der Waals surface area contributed by atoms with E-state index < -0.39 is 0 Å². The molecule has 0 aliphatic heterocycles. The van der Waals surface area contributed by atoms with Crippen molar-refractivity contribution in [3.8, 4) is 0 Å². The Kier molecular flexibility index (Phi) is 5.35. The third-order valence-electron chi connectivity index (χ3n) is 3.51. The van der Waals surface area contributed by atoms with Gasteiger partial charge in [-0.2, -0.15) is 0 Å². The molecule has 2 heterocycles. The Bertz CT molecular complexity index is 851. The van der Waals surface area contributed by atoms with Crippen molar-refractivity contribution < 1.29 is 4.79 Å². The maximum Gasteiger partial charge on any atom is 0.273 e. The average Bonchev–Trinajstić information content (AvgIpc) is 3.04. The fraction of sp³-hybridized carbons (Fsp3) is 0.235. The van der Waals surface area contributed by atoms with Crippen molar-refractivity contribution in [2.75, 3.05) is 0 Å². The zero-order valence-electron chi connectivity index (χ0n) is 13.6. The van der Waals surface area contributed by atoms with Crippen LogP contribution >= 0.6 is 11.6 Å². The topological polar surface area (TPSA) is 85.6 Å². The summed E-state index contributed by atoms with van der Waals surface area (Å²) in [4.78, 5) is 20.5. The van der Waals surface area contributed by atoms with Crippen LogP contribution in [0.3, 0.4) is 0 Å². The summed E-state index contributed by atoms with van der Waals surface area (Å²) in [6, 6.07) is 7.38. The molecule has 1 aromatic carbocycles. The molecule has 8 heteroatoms. The molecule has 0 fully saturated rings. The van der Waals surface area contributed by atoms with Gasteiger partial charge in [-0.25, -0.2) is 4.68 Å². The molecule has 0 aliphatic carbocycles. The third-order valence-corrected chi connectivity index (χ3v) is 3.75. The van der Waals surface area contributed by atoms with E-state index in [9.17, 15) is 4.79 Å². The molecule has 128 valence electrons. The average molecular weight is 357 g/mol. The maximum atomic E-state index is 12.3. The summed E-state index contributed by atoms with van der Waals surface area (Å²) in [7, 11) is 0. The molecule has 0 saturated heterocycles. The lowest BCUT2D eigenvalue weighted by molar-refractivity contribution is 0.0935. The first kappa shape index (κ1) is 17.0. The molecule has 3 aromatic rings. The number of amides is 1. The predicted molar refractivity (Wildman–Crippen MR) is 93.2 cm³/mol. The summed E-state index contributed by atoms with van der Waals surface area (Å²) in [5, 5.41) is 11.5. The third kappa shape index (κ3) is 4.84. The second-order valence-electron chi connectivity index (χ2n) is 5.71. The van der Waals surface area contributed by atoms with Crippen molar-refractivity contribution in [3.63, 3.8) is 0 Å². The number of nitrogens with one attached hydrogen (secondary N) is 1. The number of hydrogen-bond donors (Lipinski definition) is 1. The highest BCUT2D eigenvalue weighted by Gasteiger charge is 2.14. The van der Waals surface area contributed by atoms with E-state index in [1.165, 1.54) is 0 Å². The van der Waals surface area contributed by atoms with Gasteiger partial charge in [0.1, 0.15) is 0 Å². The van der Waals surface area contributed by atoms with Crippen LogP contribution in [-0.2, 0) is 13.0 Å². The van der Waals surface area contributed by atoms with E-state index in [2.05, 4.69) is 25.6 Å². The molecule has 0 saturated carbocycles. The molecule has 1 atom stereocenters. The summed E-state index contributed by atoms with van der Waals surface area (Å²) in [5.74, 6) is -0.270. The summed E-state index contributed by atoms with van der Waals surface area (Å²) in [5.41, 5.74) is 2.08. The maximum absolute atomic E-state index is 12.3. The molecule has 0 spiro atoms. The number of carbonyl (C=O) groups is 1. The number of nitrogens with zero attached hydrogens (tertiary/aromatic N) is 5. The Hall–Kier alpha value is -2.80. The molecule has 0 bridgehead atoms. The van der Waals surface area contributed by atoms with Crippen LogP contribution in [0.5, 0.6) is 0 Å². The van der Waals surface area contributed by atoms with E-state index >= 15 is 0 Å². The minimum Gasteiger partial charge on any atom is -0.348 e.